The second kappa shape index (κ2) is 7.67. The highest BCUT2D eigenvalue weighted by molar-refractivity contribution is 6.08. The number of nitrogen functional groups attached to an aromatic ring is 1. The molecule has 2 heterocycles. The summed E-state index contributed by atoms with van der Waals surface area (Å²) in [6, 6.07) is 14.8. The number of amides is 2. The van der Waals surface area contributed by atoms with Crippen LogP contribution in [0.3, 0.4) is 0 Å². The SMILES string of the molecule is Cc1ccc(NC(=O)c2cc3ccccc3n2C)cc1C(=O)Nc1cnc(N)nc1. The Kier molecular flexibility index (Phi) is 4.89. The Morgan fingerprint density at radius 3 is 2.37 bits per heavy atom. The lowest BCUT2D eigenvalue weighted by atomic mass is 10.1. The van der Waals surface area contributed by atoms with Crippen molar-refractivity contribution in [2.45, 2.75) is 6.92 Å². The summed E-state index contributed by atoms with van der Waals surface area (Å²) in [7, 11) is 1.85. The van der Waals surface area contributed by atoms with Crippen molar-refractivity contribution in [3.05, 3.63) is 77.7 Å². The third kappa shape index (κ3) is 3.70. The van der Waals surface area contributed by atoms with Crippen LogP contribution in [0.4, 0.5) is 17.3 Å². The molecule has 0 spiro atoms. The Hall–Kier alpha value is -4.20. The number of aryl methyl sites for hydroxylation is 2. The standard InChI is InChI=1S/C22H20N6O2/c1-13-7-8-15(10-17(13)20(29)27-16-11-24-22(23)25-12-16)26-21(30)19-9-14-5-3-4-6-18(14)28(19)2/h3-12H,1-2H3,(H,26,30)(H,27,29)(H2,23,24,25). The number of aromatic nitrogens is 3. The monoisotopic (exact) mass is 400 g/mol. The van der Waals surface area contributed by atoms with E-state index in [-0.39, 0.29) is 17.8 Å². The second-order valence-electron chi connectivity index (χ2n) is 6.92. The molecule has 2 amide bonds. The molecule has 0 fully saturated rings. The van der Waals surface area contributed by atoms with Gasteiger partial charge in [-0.1, -0.05) is 24.3 Å². The Morgan fingerprint density at radius 1 is 0.933 bits per heavy atom. The predicted octanol–water partition coefficient (Wildman–Crippen LogP) is 3.36. The first kappa shape index (κ1) is 19.1. The van der Waals surface area contributed by atoms with Crippen LogP contribution in [-0.4, -0.2) is 26.3 Å². The molecule has 0 aliphatic rings. The first-order valence-electron chi connectivity index (χ1n) is 9.28. The third-order valence-corrected chi connectivity index (χ3v) is 4.85. The Morgan fingerprint density at radius 2 is 1.63 bits per heavy atom. The molecule has 150 valence electrons. The number of carbonyl (C=O) groups is 2. The van der Waals surface area contributed by atoms with Crippen molar-refractivity contribution in [1.29, 1.82) is 0 Å². The van der Waals surface area contributed by atoms with Crippen LogP contribution in [-0.2, 0) is 7.05 Å². The van der Waals surface area contributed by atoms with Crippen LogP contribution in [0.25, 0.3) is 10.9 Å². The molecule has 0 saturated heterocycles. The van der Waals surface area contributed by atoms with E-state index in [4.69, 9.17) is 5.73 Å². The third-order valence-electron chi connectivity index (χ3n) is 4.85. The number of fused-ring (bicyclic) bond motifs is 1. The number of nitrogens with zero attached hydrogens (tertiary/aromatic N) is 3. The molecule has 4 rings (SSSR count). The van der Waals surface area contributed by atoms with Crippen LogP contribution in [0.1, 0.15) is 26.4 Å². The van der Waals surface area contributed by atoms with Crippen molar-refractivity contribution in [3.8, 4) is 0 Å². The highest BCUT2D eigenvalue weighted by atomic mass is 16.2. The molecule has 0 atom stereocenters. The quantitative estimate of drug-likeness (QED) is 0.486. The van der Waals surface area contributed by atoms with Crippen LogP contribution in [0.2, 0.25) is 0 Å². The van der Waals surface area contributed by atoms with E-state index >= 15 is 0 Å². The summed E-state index contributed by atoms with van der Waals surface area (Å²) in [5, 5.41) is 6.59. The van der Waals surface area contributed by atoms with E-state index in [1.165, 1.54) is 12.4 Å². The number of benzene rings is 2. The summed E-state index contributed by atoms with van der Waals surface area (Å²) in [6.45, 7) is 1.82. The van der Waals surface area contributed by atoms with Crippen LogP contribution < -0.4 is 16.4 Å². The van der Waals surface area contributed by atoms with Gasteiger partial charge in [-0.15, -0.1) is 0 Å². The molecule has 30 heavy (non-hydrogen) atoms. The lowest BCUT2D eigenvalue weighted by molar-refractivity contribution is 0.101. The maximum Gasteiger partial charge on any atom is 0.272 e. The van der Waals surface area contributed by atoms with Gasteiger partial charge < -0.3 is 20.9 Å². The first-order chi connectivity index (χ1) is 14.4. The lowest BCUT2D eigenvalue weighted by Crippen LogP contribution is -2.17. The molecule has 0 aliphatic heterocycles. The number of nitrogens with two attached hydrogens (primary N) is 1. The molecule has 8 nitrogen and oxygen atoms in total. The molecule has 8 heteroatoms. The van der Waals surface area contributed by atoms with Gasteiger partial charge in [-0.25, -0.2) is 9.97 Å². The molecular weight excluding hydrogens is 380 g/mol. The van der Waals surface area contributed by atoms with Gasteiger partial charge in [-0.2, -0.15) is 0 Å². The van der Waals surface area contributed by atoms with Gasteiger partial charge in [0.15, 0.2) is 0 Å². The minimum Gasteiger partial charge on any atom is -0.368 e. The highest BCUT2D eigenvalue weighted by Crippen LogP contribution is 2.21. The van der Waals surface area contributed by atoms with Gasteiger partial charge in [-0.3, -0.25) is 9.59 Å². The summed E-state index contributed by atoms with van der Waals surface area (Å²) in [5.74, 6) is -0.459. The van der Waals surface area contributed by atoms with Gasteiger partial charge >= 0.3 is 0 Å². The maximum atomic E-state index is 12.8. The lowest BCUT2D eigenvalue weighted by Gasteiger charge is -2.11. The minimum atomic E-state index is -0.332. The Bertz CT molecular complexity index is 1260. The Labute approximate surface area is 172 Å². The van der Waals surface area contributed by atoms with E-state index in [9.17, 15) is 9.59 Å². The average molecular weight is 400 g/mol. The van der Waals surface area contributed by atoms with E-state index in [1.54, 1.807) is 18.2 Å². The summed E-state index contributed by atoms with van der Waals surface area (Å²) >= 11 is 0. The van der Waals surface area contributed by atoms with Gasteiger partial charge in [0, 0.05) is 29.2 Å². The number of para-hydroxylation sites is 1. The molecule has 2 aromatic carbocycles. The maximum absolute atomic E-state index is 12.8. The van der Waals surface area contributed by atoms with Gasteiger partial charge in [0.25, 0.3) is 11.8 Å². The van der Waals surface area contributed by atoms with E-state index in [1.807, 2.05) is 48.9 Å². The summed E-state index contributed by atoms with van der Waals surface area (Å²) in [4.78, 5) is 33.2. The molecule has 0 saturated carbocycles. The van der Waals surface area contributed by atoms with E-state index in [2.05, 4.69) is 20.6 Å². The fourth-order valence-electron chi connectivity index (χ4n) is 3.25. The van der Waals surface area contributed by atoms with Crippen molar-refractivity contribution in [1.82, 2.24) is 14.5 Å². The normalized spacial score (nSPS) is 10.7. The van der Waals surface area contributed by atoms with E-state index in [0.717, 1.165) is 16.5 Å². The van der Waals surface area contributed by atoms with Crippen molar-refractivity contribution in [2.75, 3.05) is 16.4 Å². The highest BCUT2D eigenvalue weighted by Gasteiger charge is 2.15. The van der Waals surface area contributed by atoms with E-state index in [0.29, 0.717) is 22.6 Å². The molecular formula is C22H20N6O2. The zero-order valence-electron chi connectivity index (χ0n) is 16.5. The molecule has 4 aromatic rings. The molecule has 4 N–H and O–H groups in total. The average Bonchev–Trinajstić information content (AvgIpc) is 3.08. The number of hydrogen-bond donors (Lipinski definition) is 3. The second-order valence-corrected chi connectivity index (χ2v) is 6.92. The van der Waals surface area contributed by atoms with Crippen LogP contribution in [0.15, 0.2) is 60.9 Å². The van der Waals surface area contributed by atoms with Gasteiger partial charge in [0.05, 0.1) is 18.1 Å². The fourth-order valence-corrected chi connectivity index (χ4v) is 3.25. The van der Waals surface area contributed by atoms with Gasteiger partial charge in [-0.05, 0) is 36.8 Å². The number of carbonyl (C=O) groups excluding carboxylic acids is 2. The Balaban J connectivity index is 1.56. The number of anilines is 3. The van der Waals surface area contributed by atoms with Crippen LogP contribution >= 0.6 is 0 Å². The smallest absolute Gasteiger partial charge is 0.272 e. The molecule has 0 aliphatic carbocycles. The molecule has 0 bridgehead atoms. The molecule has 2 aromatic heterocycles. The summed E-state index contributed by atoms with van der Waals surface area (Å²) < 4.78 is 1.84. The zero-order chi connectivity index (χ0) is 21.3. The molecule has 0 radical (unpaired) electrons. The van der Waals surface area contributed by atoms with Crippen LogP contribution in [0, 0.1) is 6.92 Å². The summed E-state index contributed by atoms with van der Waals surface area (Å²) in [5.41, 5.74) is 9.12. The number of hydrogen-bond acceptors (Lipinski definition) is 5. The van der Waals surface area contributed by atoms with Gasteiger partial charge in [0.1, 0.15) is 5.69 Å². The predicted molar refractivity (Wildman–Crippen MR) is 116 cm³/mol. The van der Waals surface area contributed by atoms with Crippen molar-refractivity contribution in [2.24, 2.45) is 7.05 Å². The number of rotatable bonds is 4. The number of nitrogens with one attached hydrogen (secondary N) is 2. The van der Waals surface area contributed by atoms with Crippen molar-refractivity contribution < 1.29 is 9.59 Å². The zero-order valence-corrected chi connectivity index (χ0v) is 16.5. The molecule has 0 unspecified atom stereocenters. The topological polar surface area (TPSA) is 115 Å². The van der Waals surface area contributed by atoms with Gasteiger partial charge in [0.2, 0.25) is 5.95 Å². The summed E-state index contributed by atoms with van der Waals surface area (Å²) in [6.07, 6.45) is 2.86. The van der Waals surface area contributed by atoms with Crippen molar-refractivity contribution in [3.63, 3.8) is 0 Å². The van der Waals surface area contributed by atoms with E-state index < -0.39 is 0 Å². The van der Waals surface area contributed by atoms with Crippen molar-refractivity contribution >= 4 is 40.0 Å². The first-order valence-corrected chi connectivity index (χ1v) is 9.28. The van der Waals surface area contributed by atoms with Crippen LogP contribution in [0.5, 0.6) is 0 Å². The fraction of sp³-hybridized carbons (Fsp3) is 0.0909. The minimum absolute atomic E-state index is 0.127. The largest absolute Gasteiger partial charge is 0.368 e.